The molecule has 120 valence electrons. The van der Waals surface area contributed by atoms with Gasteiger partial charge in [0.2, 0.25) is 0 Å². The molecule has 2 heteroatoms. The zero-order chi connectivity index (χ0) is 15.9. The smallest absolute Gasteiger partial charge is 0.0465 e. The lowest BCUT2D eigenvalue weighted by Gasteiger charge is -2.37. The fraction of sp³-hybridized carbons (Fsp3) is 0.429. The van der Waals surface area contributed by atoms with Crippen LogP contribution in [0.4, 0.5) is 0 Å². The van der Waals surface area contributed by atoms with Crippen molar-refractivity contribution < 1.29 is 10.2 Å². The summed E-state index contributed by atoms with van der Waals surface area (Å²) in [5, 5.41) is 20.0. The van der Waals surface area contributed by atoms with Gasteiger partial charge in [-0.15, -0.1) is 0 Å². The molecule has 0 amide bonds. The molecule has 0 radical (unpaired) electrons. The monoisotopic (exact) mass is 308 g/mol. The molecule has 2 N–H and O–H groups in total. The highest BCUT2D eigenvalue weighted by atomic mass is 16.3. The van der Waals surface area contributed by atoms with Gasteiger partial charge < -0.3 is 10.2 Å². The molecule has 4 atom stereocenters. The molecule has 0 unspecified atom stereocenters. The van der Waals surface area contributed by atoms with Crippen LogP contribution in [0.5, 0.6) is 0 Å². The summed E-state index contributed by atoms with van der Waals surface area (Å²) in [5.74, 6) is 1.19. The first-order chi connectivity index (χ1) is 11.3. The van der Waals surface area contributed by atoms with Crippen LogP contribution in [0, 0.1) is 23.7 Å². The van der Waals surface area contributed by atoms with Gasteiger partial charge in [-0.25, -0.2) is 0 Å². The first-order valence-electron chi connectivity index (χ1n) is 8.66. The standard InChI is InChI=1S/C21H24O2/c22-13-17-18(14-23)20-12-11-19(17)21(20,15-7-3-1-4-8-15)16-9-5-2-6-10-16/h1-10,17-20,22-23H,11-14H2/t17-,18+,19-,20-/m1/s1. The number of aliphatic hydroxyl groups excluding tert-OH is 2. The van der Waals surface area contributed by atoms with E-state index in [1.165, 1.54) is 11.1 Å². The molecule has 2 aromatic rings. The molecule has 0 heterocycles. The van der Waals surface area contributed by atoms with Crippen LogP contribution in [0.3, 0.4) is 0 Å². The van der Waals surface area contributed by atoms with Crippen molar-refractivity contribution in [3.05, 3.63) is 71.8 Å². The van der Waals surface area contributed by atoms with E-state index in [4.69, 9.17) is 0 Å². The molecule has 2 aliphatic rings. The highest BCUT2D eigenvalue weighted by Gasteiger charge is 2.64. The maximum absolute atomic E-state index is 10.0. The average Bonchev–Trinajstić information content (AvgIpc) is 3.14. The number of benzene rings is 2. The van der Waals surface area contributed by atoms with E-state index in [2.05, 4.69) is 60.7 Å². The lowest BCUT2D eigenvalue weighted by molar-refractivity contribution is 0.0791. The van der Waals surface area contributed by atoms with Crippen LogP contribution in [-0.2, 0) is 5.41 Å². The minimum atomic E-state index is -0.0662. The summed E-state index contributed by atoms with van der Waals surface area (Å²) in [6.07, 6.45) is 2.27. The summed E-state index contributed by atoms with van der Waals surface area (Å²) in [7, 11) is 0. The Morgan fingerprint density at radius 3 is 1.43 bits per heavy atom. The Bertz CT molecular complexity index is 593. The summed E-state index contributed by atoms with van der Waals surface area (Å²) < 4.78 is 0. The Morgan fingerprint density at radius 2 is 1.09 bits per heavy atom. The van der Waals surface area contributed by atoms with E-state index >= 15 is 0 Å². The van der Waals surface area contributed by atoms with Crippen molar-refractivity contribution in [2.75, 3.05) is 13.2 Å². The zero-order valence-electron chi connectivity index (χ0n) is 13.3. The molecule has 2 nitrogen and oxygen atoms in total. The maximum Gasteiger partial charge on any atom is 0.0465 e. The van der Waals surface area contributed by atoms with Gasteiger partial charge in [-0.1, -0.05) is 60.7 Å². The van der Waals surface area contributed by atoms with Gasteiger partial charge in [0.1, 0.15) is 0 Å². The Balaban J connectivity index is 1.95. The molecule has 0 saturated heterocycles. The minimum absolute atomic E-state index is 0.0662. The number of hydrogen-bond donors (Lipinski definition) is 2. The zero-order valence-corrected chi connectivity index (χ0v) is 13.3. The summed E-state index contributed by atoms with van der Waals surface area (Å²) in [5.41, 5.74) is 2.62. The molecule has 0 spiro atoms. The Hall–Kier alpha value is -1.64. The van der Waals surface area contributed by atoms with Crippen molar-refractivity contribution in [1.29, 1.82) is 0 Å². The molecule has 2 aliphatic carbocycles. The molecule has 0 aromatic heterocycles. The molecule has 0 aliphatic heterocycles. The maximum atomic E-state index is 10.0. The SMILES string of the molecule is OC[C@@H]1[C@H](CO)[C@H]2CC[C@H]1C2(c1ccccc1)c1ccccc1. The summed E-state index contributed by atoms with van der Waals surface area (Å²) in [6, 6.07) is 21.5. The molecular formula is C21H24O2. The number of fused-ring (bicyclic) bond motifs is 2. The third kappa shape index (κ3) is 1.95. The van der Waals surface area contributed by atoms with Gasteiger partial charge in [0.25, 0.3) is 0 Å². The van der Waals surface area contributed by atoms with Crippen LogP contribution < -0.4 is 0 Å². The first kappa shape index (κ1) is 14.9. The molecule has 4 rings (SSSR count). The van der Waals surface area contributed by atoms with E-state index in [9.17, 15) is 10.2 Å². The Morgan fingerprint density at radius 1 is 0.696 bits per heavy atom. The molecule has 23 heavy (non-hydrogen) atoms. The predicted molar refractivity (Wildman–Crippen MR) is 91.0 cm³/mol. The molecule has 2 saturated carbocycles. The van der Waals surface area contributed by atoms with Gasteiger partial charge in [-0.3, -0.25) is 0 Å². The van der Waals surface area contributed by atoms with Crippen LogP contribution >= 0.6 is 0 Å². The summed E-state index contributed by atoms with van der Waals surface area (Å²) in [6.45, 7) is 0.349. The van der Waals surface area contributed by atoms with Crippen molar-refractivity contribution >= 4 is 0 Å². The second-order valence-corrected chi connectivity index (χ2v) is 7.08. The van der Waals surface area contributed by atoms with Crippen LogP contribution in [0.25, 0.3) is 0 Å². The Labute approximate surface area is 137 Å². The first-order valence-corrected chi connectivity index (χ1v) is 8.66. The van der Waals surface area contributed by atoms with E-state index < -0.39 is 0 Å². The van der Waals surface area contributed by atoms with Crippen molar-refractivity contribution in [2.45, 2.75) is 18.3 Å². The number of aliphatic hydroxyl groups is 2. The van der Waals surface area contributed by atoms with E-state index in [1.807, 2.05) is 0 Å². The molecule has 2 aromatic carbocycles. The normalized spacial score (nSPS) is 31.4. The number of rotatable bonds is 4. The molecular weight excluding hydrogens is 284 g/mol. The second kappa shape index (κ2) is 5.77. The third-order valence-corrected chi connectivity index (χ3v) is 6.47. The summed E-state index contributed by atoms with van der Waals surface area (Å²) >= 11 is 0. The van der Waals surface area contributed by atoms with Crippen molar-refractivity contribution in [1.82, 2.24) is 0 Å². The van der Waals surface area contributed by atoms with Gasteiger partial charge in [-0.05, 0) is 47.6 Å². The average molecular weight is 308 g/mol. The second-order valence-electron chi connectivity index (χ2n) is 7.08. The fourth-order valence-electron chi connectivity index (χ4n) is 5.77. The quantitative estimate of drug-likeness (QED) is 0.910. The predicted octanol–water partition coefficient (Wildman–Crippen LogP) is 3.23. The van der Waals surface area contributed by atoms with Crippen molar-refractivity contribution in [3.63, 3.8) is 0 Å². The van der Waals surface area contributed by atoms with Crippen LogP contribution in [0.15, 0.2) is 60.7 Å². The van der Waals surface area contributed by atoms with Crippen LogP contribution in [-0.4, -0.2) is 23.4 Å². The van der Waals surface area contributed by atoms with Gasteiger partial charge in [0.05, 0.1) is 0 Å². The van der Waals surface area contributed by atoms with Crippen molar-refractivity contribution in [3.8, 4) is 0 Å². The van der Waals surface area contributed by atoms with Gasteiger partial charge >= 0.3 is 0 Å². The van der Waals surface area contributed by atoms with Gasteiger partial charge in [0.15, 0.2) is 0 Å². The van der Waals surface area contributed by atoms with E-state index in [0.717, 1.165) is 12.8 Å². The third-order valence-electron chi connectivity index (χ3n) is 6.47. The van der Waals surface area contributed by atoms with Crippen LogP contribution in [0.1, 0.15) is 24.0 Å². The summed E-state index contributed by atoms with van der Waals surface area (Å²) in [4.78, 5) is 0. The topological polar surface area (TPSA) is 40.5 Å². The highest BCUT2D eigenvalue weighted by Crippen LogP contribution is 2.66. The molecule has 2 bridgehead atoms. The van der Waals surface area contributed by atoms with Crippen LogP contribution in [0.2, 0.25) is 0 Å². The van der Waals surface area contributed by atoms with Gasteiger partial charge in [-0.2, -0.15) is 0 Å². The Kier molecular flexibility index (Phi) is 3.74. The van der Waals surface area contributed by atoms with Gasteiger partial charge in [0, 0.05) is 18.6 Å². The van der Waals surface area contributed by atoms with E-state index in [1.54, 1.807) is 0 Å². The fourth-order valence-corrected chi connectivity index (χ4v) is 5.77. The molecule has 2 fully saturated rings. The lowest BCUT2D eigenvalue weighted by Crippen LogP contribution is -2.35. The highest BCUT2D eigenvalue weighted by molar-refractivity contribution is 5.45. The largest absolute Gasteiger partial charge is 0.396 e. The van der Waals surface area contributed by atoms with E-state index in [-0.39, 0.29) is 30.5 Å². The lowest BCUT2D eigenvalue weighted by atomic mass is 9.66. The van der Waals surface area contributed by atoms with Crippen molar-refractivity contribution in [2.24, 2.45) is 23.7 Å². The minimum Gasteiger partial charge on any atom is -0.396 e. The number of hydrogen-bond acceptors (Lipinski definition) is 2. The van der Waals surface area contributed by atoms with E-state index in [0.29, 0.717) is 11.8 Å².